The summed E-state index contributed by atoms with van der Waals surface area (Å²) in [5.74, 6) is -0.0325. The number of nitrogens with one attached hydrogen (secondary N) is 1. The predicted molar refractivity (Wildman–Crippen MR) is 264 cm³/mol. The lowest BCUT2D eigenvalue weighted by Gasteiger charge is -2.22. The fourth-order valence-electron chi connectivity index (χ4n) is 8.58. The van der Waals surface area contributed by atoms with Gasteiger partial charge in [0.05, 0.1) is 25.4 Å². The molecule has 0 aliphatic rings. The first kappa shape index (κ1) is 59.6. The summed E-state index contributed by atoms with van der Waals surface area (Å²) in [4.78, 5) is 24.4. The number of allylic oxidation sites excluding steroid dienone is 2. The predicted octanol–water partition coefficient (Wildman–Crippen LogP) is 16.5. The number of amides is 1. The molecule has 0 aliphatic carbocycles. The lowest BCUT2D eigenvalue weighted by atomic mass is 10.0. The third-order valence-electron chi connectivity index (χ3n) is 12.8. The van der Waals surface area contributed by atoms with E-state index in [4.69, 9.17) is 4.74 Å². The van der Waals surface area contributed by atoms with Crippen LogP contribution in [0.3, 0.4) is 0 Å². The van der Waals surface area contributed by atoms with E-state index >= 15 is 0 Å². The van der Waals surface area contributed by atoms with E-state index in [0.717, 1.165) is 38.5 Å². The molecular formula is C55H107NO5. The number of rotatable bonds is 51. The van der Waals surface area contributed by atoms with Crippen LogP contribution < -0.4 is 5.32 Å². The molecule has 0 saturated heterocycles. The van der Waals surface area contributed by atoms with E-state index in [1.165, 1.54) is 231 Å². The molecule has 2 atom stereocenters. The van der Waals surface area contributed by atoms with Gasteiger partial charge in [0, 0.05) is 12.8 Å². The average Bonchev–Trinajstić information content (AvgIpc) is 3.26. The molecule has 0 aromatic carbocycles. The van der Waals surface area contributed by atoms with E-state index in [9.17, 15) is 19.8 Å². The zero-order valence-electron chi connectivity index (χ0n) is 41.2. The summed E-state index contributed by atoms with van der Waals surface area (Å²) in [6.45, 7) is 4.94. The molecule has 0 aromatic heterocycles. The quantitative estimate of drug-likeness (QED) is 0.0322. The molecule has 3 N–H and O–H groups in total. The minimum Gasteiger partial charge on any atom is -0.466 e. The number of aliphatic hydroxyl groups is 2. The molecule has 1 amide bonds. The van der Waals surface area contributed by atoms with Crippen LogP contribution in [0, 0.1) is 0 Å². The lowest BCUT2D eigenvalue weighted by Crippen LogP contribution is -2.45. The van der Waals surface area contributed by atoms with Gasteiger partial charge in [-0.05, 0) is 51.4 Å². The molecule has 2 unspecified atom stereocenters. The first-order valence-corrected chi connectivity index (χ1v) is 27.4. The van der Waals surface area contributed by atoms with E-state index in [1.54, 1.807) is 0 Å². The topological polar surface area (TPSA) is 95.9 Å². The van der Waals surface area contributed by atoms with Gasteiger partial charge in [0.15, 0.2) is 0 Å². The Morgan fingerprint density at radius 3 is 1.16 bits per heavy atom. The second-order valence-corrected chi connectivity index (χ2v) is 18.9. The normalized spacial score (nSPS) is 12.7. The number of hydrogen-bond acceptors (Lipinski definition) is 5. The van der Waals surface area contributed by atoms with Crippen LogP contribution in [0.15, 0.2) is 12.2 Å². The molecule has 0 heterocycles. The summed E-state index contributed by atoms with van der Waals surface area (Å²) in [6, 6.07) is -0.544. The van der Waals surface area contributed by atoms with Gasteiger partial charge in [0.2, 0.25) is 5.91 Å². The first-order valence-electron chi connectivity index (χ1n) is 27.4. The Hall–Kier alpha value is -1.40. The van der Waals surface area contributed by atoms with Crippen LogP contribution >= 0.6 is 0 Å². The fourth-order valence-corrected chi connectivity index (χ4v) is 8.58. The molecule has 0 radical (unpaired) electrons. The molecule has 0 aromatic rings. The maximum Gasteiger partial charge on any atom is 0.305 e. The van der Waals surface area contributed by atoms with Gasteiger partial charge < -0.3 is 20.3 Å². The van der Waals surface area contributed by atoms with Crippen molar-refractivity contribution in [2.24, 2.45) is 0 Å². The Labute approximate surface area is 380 Å². The van der Waals surface area contributed by atoms with Crippen molar-refractivity contribution in [3.05, 3.63) is 12.2 Å². The van der Waals surface area contributed by atoms with Gasteiger partial charge in [-0.1, -0.05) is 251 Å². The highest BCUT2D eigenvalue weighted by Crippen LogP contribution is 2.17. The Balaban J connectivity index is 3.40. The van der Waals surface area contributed by atoms with Gasteiger partial charge in [0.25, 0.3) is 0 Å². The highest BCUT2D eigenvalue weighted by molar-refractivity contribution is 5.76. The molecule has 0 rings (SSSR count). The monoisotopic (exact) mass is 862 g/mol. The molecule has 0 saturated carbocycles. The second-order valence-electron chi connectivity index (χ2n) is 18.9. The summed E-state index contributed by atoms with van der Waals surface area (Å²) in [7, 11) is 0. The summed E-state index contributed by atoms with van der Waals surface area (Å²) >= 11 is 0. The number of carbonyl (C=O) groups excluding carboxylic acids is 2. The number of aliphatic hydroxyl groups excluding tert-OH is 2. The highest BCUT2D eigenvalue weighted by Gasteiger charge is 2.20. The van der Waals surface area contributed by atoms with Crippen LogP contribution in [0.2, 0.25) is 0 Å². The molecule has 0 fully saturated rings. The minimum absolute atomic E-state index is 0.00973. The van der Waals surface area contributed by atoms with Crippen molar-refractivity contribution in [2.45, 2.75) is 315 Å². The van der Waals surface area contributed by atoms with Gasteiger partial charge in [-0.3, -0.25) is 9.59 Å². The van der Waals surface area contributed by atoms with Gasteiger partial charge in [-0.25, -0.2) is 0 Å². The van der Waals surface area contributed by atoms with Crippen molar-refractivity contribution < 1.29 is 24.5 Å². The molecule has 0 bridgehead atoms. The Kier molecular flexibility index (Phi) is 50.1. The minimum atomic E-state index is -0.666. The summed E-state index contributed by atoms with van der Waals surface area (Å²) in [5.41, 5.74) is 0. The Morgan fingerprint density at radius 2 is 0.770 bits per heavy atom. The summed E-state index contributed by atoms with van der Waals surface area (Å²) in [5, 5.41) is 23.1. The van der Waals surface area contributed by atoms with Crippen molar-refractivity contribution in [3.63, 3.8) is 0 Å². The zero-order valence-corrected chi connectivity index (χ0v) is 41.2. The molecule has 6 nitrogen and oxygen atoms in total. The van der Waals surface area contributed by atoms with Crippen molar-refractivity contribution in [2.75, 3.05) is 13.2 Å². The van der Waals surface area contributed by atoms with Gasteiger partial charge in [-0.2, -0.15) is 0 Å². The summed E-state index contributed by atoms with van der Waals surface area (Å²) in [6.07, 6.45) is 59.1. The van der Waals surface area contributed by atoms with Gasteiger partial charge >= 0.3 is 5.97 Å². The largest absolute Gasteiger partial charge is 0.466 e. The number of unbranched alkanes of at least 4 members (excludes halogenated alkanes) is 38. The fraction of sp³-hybridized carbons (Fsp3) is 0.927. The van der Waals surface area contributed by atoms with Crippen LogP contribution in [0.4, 0.5) is 0 Å². The Bertz CT molecular complexity index is 909. The number of hydrogen-bond donors (Lipinski definition) is 3. The van der Waals surface area contributed by atoms with Crippen LogP contribution in [0.5, 0.6) is 0 Å². The maximum atomic E-state index is 12.4. The molecule has 0 aliphatic heterocycles. The molecule has 362 valence electrons. The molecule has 0 spiro atoms. The van der Waals surface area contributed by atoms with Gasteiger partial charge in [0.1, 0.15) is 0 Å². The SMILES string of the molecule is CCCCCCCCCCCCCC(=O)OCCCCCCCCCCCCC/C=C\CCCCCCCCCC(=O)NC(CO)C(O)CCCCCCCCCCCCC. The van der Waals surface area contributed by atoms with Gasteiger partial charge in [-0.15, -0.1) is 0 Å². The van der Waals surface area contributed by atoms with E-state index in [-0.39, 0.29) is 18.5 Å². The number of esters is 1. The lowest BCUT2D eigenvalue weighted by molar-refractivity contribution is -0.143. The Morgan fingerprint density at radius 1 is 0.443 bits per heavy atom. The van der Waals surface area contributed by atoms with Crippen LogP contribution in [0.25, 0.3) is 0 Å². The third kappa shape index (κ3) is 47.9. The highest BCUT2D eigenvalue weighted by atomic mass is 16.5. The maximum absolute atomic E-state index is 12.4. The van der Waals surface area contributed by atoms with Crippen LogP contribution in [0.1, 0.15) is 303 Å². The first-order chi connectivity index (χ1) is 30.0. The summed E-state index contributed by atoms with van der Waals surface area (Å²) < 4.78 is 5.46. The standard InChI is InChI=1S/C55H107NO5/c1-3-5-7-9-11-13-27-31-35-39-43-47-53(58)52(51-57)56-54(59)48-44-40-36-32-29-25-23-21-19-17-15-16-18-20-22-24-26-30-34-38-42-46-50-61-55(60)49-45-41-37-33-28-14-12-10-8-6-4-2/h17,19,52-53,57-58H,3-16,18,20-51H2,1-2H3,(H,56,59)/b19-17-. The molecule has 6 heteroatoms. The van der Waals surface area contributed by atoms with Crippen molar-refractivity contribution in [1.29, 1.82) is 0 Å². The van der Waals surface area contributed by atoms with E-state index < -0.39 is 12.1 Å². The zero-order chi connectivity index (χ0) is 44.4. The second kappa shape index (κ2) is 51.2. The van der Waals surface area contributed by atoms with Crippen molar-refractivity contribution >= 4 is 11.9 Å². The average molecular weight is 862 g/mol. The smallest absolute Gasteiger partial charge is 0.305 e. The molecule has 61 heavy (non-hydrogen) atoms. The van der Waals surface area contributed by atoms with Crippen LogP contribution in [-0.4, -0.2) is 47.4 Å². The van der Waals surface area contributed by atoms with E-state index in [1.807, 2.05) is 0 Å². The van der Waals surface area contributed by atoms with Crippen molar-refractivity contribution in [3.8, 4) is 0 Å². The number of carbonyl (C=O) groups is 2. The van der Waals surface area contributed by atoms with E-state index in [0.29, 0.717) is 25.9 Å². The van der Waals surface area contributed by atoms with E-state index in [2.05, 4.69) is 31.3 Å². The third-order valence-corrected chi connectivity index (χ3v) is 12.8. The van der Waals surface area contributed by atoms with Crippen molar-refractivity contribution in [1.82, 2.24) is 5.32 Å². The van der Waals surface area contributed by atoms with Crippen LogP contribution in [-0.2, 0) is 14.3 Å². The number of ether oxygens (including phenoxy) is 1. The molecular weight excluding hydrogens is 755 g/mol.